The largest absolute Gasteiger partial charge is 0.497 e. The third kappa shape index (κ3) is 5.08. The van der Waals surface area contributed by atoms with Gasteiger partial charge in [-0.25, -0.2) is 13.2 Å². The lowest BCUT2D eigenvalue weighted by Gasteiger charge is -2.12. The van der Waals surface area contributed by atoms with E-state index in [-0.39, 0.29) is 11.7 Å². The van der Waals surface area contributed by atoms with Gasteiger partial charge in [-0.05, 0) is 36.5 Å². The number of methoxy groups -OCH3 is 1. The highest BCUT2D eigenvalue weighted by molar-refractivity contribution is 7.80. The summed E-state index contributed by atoms with van der Waals surface area (Å²) in [5, 5.41) is 7.72. The fraction of sp³-hybridized carbons (Fsp3) is 0.125. The van der Waals surface area contributed by atoms with Gasteiger partial charge in [-0.15, -0.1) is 0 Å². The molecule has 2 aromatic rings. The molecule has 0 fully saturated rings. The van der Waals surface area contributed by atoms with Gasteiger partial charge in [0.05, 0.1) is 19.3 Å². The summed E-state index contributed by atoms with van der Waals surface area (Å²) in [5.41, 5.74) is 0.182. The predicted octanol–water partition coefficient (Wildman–Crippen LogP) is 3.04. The fourth-order valence-electron chi connectivity index (χ4n) is 1.85. The number of carbonyl (C=O) groups excluding carboxylic acids is 1. The van der Waals surface area contributed by atoms with Crippen LogP contribution in [0.15, 0.2) is 36.4 Å². The first-order valence-electron chi connectivity index (χ1n) is 7.03. The van der Waals surface area contributed by atoms with Gasteiger partial charge in [0.2, 0.25) is 5.91 Å². The average molecular weight is 369 g/mol. The Bertz CT molecular complexity index is 802. The summed E-state index contributed by atoms with van der Waals surface area (Å²) in [7, 11) is 1.53. The molecule has 132 valence electrons. The molecule has 0 aliphatic heterocycles. The molecule has 0 unspecified atom stereocenters. The second-order valence-electron chi connectivity index (χ2n) is 4.81. The number of hydrogen-bond acceptors (Lipinski definition) is 3. The number of ether oxygens (including phenoxy) is 1. The zero-order chi connectivity index (χ0) is 18.4. The summed E-state index contributed by atoms with van der Waals surface area (Å²) >= 11 is 5.04. The van der Waals surface area contributed by atoms with Crippen molar-refractivity contribution in [1.82, 2.24) is 5.32 Å². The molecule has 1 amide bonds. The van der Waals surface area contributed by atoms with E-state index in [1.54, 1.807) is 24.3 Å². The van der Waals surface area contributed by atoms with E-state index in [9.17, 15) is 18.0 Å². The van der Waals surface area contributed by atoms with E-state index in [0.29, 0.717) is 11.4 Å². The zero-order valence-electron chi connectivity index (χ0n) is 13.0. The van der Waals surface area contributed by atoms with Crippen molar-refractivity contribution < 1.29 is 22.7 Å². The maximum Gasteiger partial charge on any atom is 0.243 e. The molecule has 5 nitrogen and oxygen atoms in total. The maximum atomic E-state index is 13.5. The normalized spacial score (nSPS) is 10.1. The van der Waals surface area contributed by atoms with E-state index < -0.39 is 29.0 Å². The van der Waals surface area contributed by atoms with Crippen molar-refractivity contribution in [3.63, 3.8) is 0 Å². The molecule has 0 spiro atoms. The van der Waals surface area contributed by atoms with Crippen molar-refractivity contribution in [3.05, 3.63) is 53.8 Å². The van der Waals surface area contributed by atoms with Crippen molar-refractivity contribution in [2.75, 3.05) is 24.3 Å². The van der Waals surface area contributed by atoms with Gasteiger partial charge in [-0.1, -0.05) is 6.07 Å². The second kappa shape index (κ2) is 8.34. The molecule has 0 saturated carbocycles. The number of anilines is 2. The van der Waals surface area contributed by atoms with Gasteiger partial charge in [0.1, 0.15) is 5.75 Å². The van der Waals surface area contributed by atoms with Crippen LogP contribution >= 0.6 is 12.2 Å². The molecule has 0 aliphatic rings. The molecule has 0 atom stereocenters. The summed E-state index contributed by atoms with van der Waals surface area (Å²) < 4.78 is 44.5. The van der Waals surface area contributed by atoms with Gasteiger partial charge in [0.25, 0.3) is 0 Å². The third-order valence-corrected chi connectivity index (χ3v) is 3.29. The maximum absolute atomic E-state index is 13.5. The van der Waals surface area contributed by atoms with Crippen LogP contribution in [0.5, 0.6) is 5.75 Å². The van der Waals surface area contributed by atoms with Gasteiger partial charge in [-0.2, -0.15) is 0 Å². The van der Waals surface area contributed by atoms with Gasteiger partial charge >= 0.3 is 0 Å². The monoisotopic (exact) mass is 369 g/mol. The molecule has 25 heavy (non-hydrogen) atoms. The van der Waals surface area contributed by atoms with E-state index in [4.69, 9.17) is 17.0 Å². The SMILES string of the molecule is COc1cccc(NC(=S)NCC(=O)Nc2ccc(F)c(F)c2F)c1. The summed E-state index contributed by atoms with van der Waals surface area (Å²) in [5.74, 6) is -4.51. The Morgan fingerprint density at radius 2 is 1.88 bits per heavy atom. The molecule has 9 heteroatoms. The van der Waals surface area contributed by atoms with Gasteiger partial charge in [0, 0.05) is 11.8 Å². The van der Waals surface area contributed by atoms with Crippen LogP contribution < -0.4 is 20.7 Å². The quantitative estimate of drug-likeness (QED) is 0.559. The van der Waals surface area contributed by atoms with E-state index >= 15 is 0 Å². The molecule has 0 heterocycles. The van der Waals surface area contributed by atoms with Crippen molar-refractivity contribution in [3.8, 4) is 5.75 Å². The van der Waals surface area contributed by atoms with Gasteiger partial charge in [0.15, 0.2) is 22.6 Å². The van der Waals surface area contributed by atoms with Crippen LogP contribution in [-0.4, -0.2) is 24.7 Å². The van der Waals surface area contributed by atoms with Crippen molar-refractivity contribution >= 4 is 34.6 Å². The first-order valence-corrected chi connectivity index (χ1v) is 7.43. The molecule has 0 radical (unpaired) electrons. The summed E-state index contributed by atoms with van der Waals surface area (Å²) in [6, 6.07) is 8.60. The second-order valence-corrected chi connectivity index (χ2v) is 5.22. The highest BCUT2D eigenvalue weighted by atomic mass is 32.1. The van der Waals surface area contributed by atoms with Crippen LogP contribution in [0.25, 0.3) is 0 Å². The van der Waals surface area contributed by atoms with E-state index in [2.05, 4.69) is 16.0 Å². The Balaban J connectivity index is 1.87. The first-order chi connectivity index (χ1) is 11.9. The fourth-order valence-corrected chi connectivity index (χ4v) is 2.04. The molecule has 0 bridgehead atoms. The van der Waals surface area contributed by atoms with Crippen LogP contribution in [0.3, 0.4) is 0 Å². The summed E-state index contributed by atoms with van der Waals surface area (Å²) in [6.45, 7) is -0.297. The molecular formula is C16H14F3N3O2S. The van der Waals surface area contributed by atoms with E-state index in [0.717, 1.165) is 12.1 Å². The molecule has 0 aliphatic carbocycles. The average Bonchev–Trinajstić information content (AvgIpc) is 2.60. The molecule has 2 aromatic carbocycles. The Morgan fingerprint density at radius 3 is 2.60 bits per heavy atom. The Hall–Kier alpha value is -2.81. The lowest BCUT2D eigenvalue weighted by atomic mass is 10.2. The predicted molar refractivity (Wildman–Crippen MR) is 92.2 cm³/mol. The number of carbonyl (C=O) groups is 1. The molecule has 3 N–H and O–H groups in total. The number of amides is 1. The van der Waals surface area contributed by atoms with Crippen LogP contribution in [0.4, 0.5) is 24.5 Å². The number of rotatable bonds is 5. The van der Waals surface area contributed by atoms with Gasteiger partial charge < -0.3 is 20.7 Å². The standard InChI is InChI=1S/C16H14F3N3O2S/c1-24-10-4-2-3-9(7-10)21-16(25)20-8-13(23)22-12-6-5-11(17)14(18)15(12)19/h2-7H,8H2,1H3,(H,22,23)(H2,20,21,25). The first kappa shape index (κ1) is 18.5. The van der Waals surface area contributed by atoms with Crippen LogP contribution in [0, 0.1) is 17.5 Å². The highest BCUT2D eigenvalue weighted by Gasteiger charge is 2.15. The Morgan fingerprint density at radius 1 is 1.12 bits per heavy atom. The van der Waals surface area contributed by atoms with Crippen LogP contribution in [-0.2, 0) is 4.79 Å². The number of benzene rings is 2. The number of halogens is 3. The third-order valence-electron chi connectivity index (χ3n) is 3.05. The smallest absolute Gasteiger partial charge is 0.243 e. The van der Waals surface area contributed by atoms with Crippen LogP contribution in [0.1, 0.15) is 0 Å². The zero-order valence-corrected chi connectivity index (χ0v) is 13.8. The molecule has 2 rings (SSSR count). The van der Waals surface area contributed by atoms with Crippen molar-refractivity contribution in [2.45, 2.75) is 0 Å². The molecular weight excluding hydrogens is 355 g/mol. The lowest BCUT2D eigenvalue weighted by Crippen LogP contribution is -2.35. The van der Waals surface area contributed by atoms with Gasteiger partial charge in [-0.3, -0.25) is 4.79 Å². The molecule has 0 saturated heterocycles. The Kier molecular flexibility index (Phi) is 6.18. The number of nitrogens with one attached hydrogen (secondary N) is 3. The van der Waals surface area contributed by atoms with Crippen LogP contribution in [0.2, 0.25) is 0 Å². The number of hydrogen-bond donors (Lipinski definition) is 3. The molecule has 0 aromatic heterocycles. The minimum atomic E-state index is -1.65. The van der Waals surface area contributed by atoms with Crippen molar-refractivity contribution in [1.29, 1.82) is 0 Å². The van der Waals surface area contributed by atoms with E-state index in [1.165, 1.54) is 7.11 Å². The van der Waals surface area contributed by atoms with Crippen molar-refractivity contribution in [2.24, 2.45) is 0 Å². The minimum Gasteiger partial charge on any atom is -0.497 e. The lowest BCUT2D eigenvalue weighted by molar-refractivity contribution is -0.115. The highest BCUT2D eigenvalue weighted by Crippen LogP contribution is 2.19. The Labute approximate surface area is 147 Å². The number of thiocarbonyl (C=S) groups is 1. The van der Waals surface area contributed by atoms with E-state index in [1.807, 2.05) is 0 Å². The minimum absolute atomic E-state index is 0.147. The summed E-state index contributed by atoms with van der Waals surface area (Å²) in [4.78, 5) is 11.8. The topological polar surface area (TPSA) is 62.4 Å². The summed E-state index contributed by atoms with van der Waals surface area (Å²) in [6.07, 6.45) is 0.